The Morgan fingerprint density at radius 3 is 2.46 bits per heavy atom. The Balaban J connectivity index is 1.71. The predicted molar refractivity (Wildman–Crippen MR) is 108 cm³/mol. The molecule has 1 saturated heterocycles. The van der Waals surface area contributed by atoms with Crippen LogP contribution in [0.5, 0.6) is 0 Å². The fraction of sp³-hybridized carbons (Fsp3) is 0.565. The normalized spacial score (nSPS) is 24.8. The molecule has 3 atom stereocenters. The largest absolute Gasteiger partial charge is 0.394 e. The number of hydrogen-bond acceptors (Lipinski definition) is 4. The van der Waals surface area contributed by atoms with Gasteiger partial charge in [0.05, 0.1) is 25.3 Å². The fourth-order valence-corrected chi connectivity index (χ4v) is 4.32. The predicted octanol–water partition coefficient (Wildman–Crippen LogP) is 2.36. The Bertz CT molecular complexity index is 779. The Labute approximate surface area is 167 Å². The average molecular weight is 380 g/mol. The smallest absolute Gasteiger partial charge is 0.238 e. The van der Waals surface area contributed by atoms with Crippen LogP contribution in [0.25, 0.3) is 0 Å². The minimum absolute atomic E-state index is 0.123. The zero-order valence-corrected chi connectivity index (χ0v) is 16.8. The quantitative estimate of drug-likeness (QED) is 0.816. The summed E-state index contributed by atoms with van der Waals surface area (Å²) in [5, 5.41) is 19.4. The van der Waals surface area contributed by atoms with Crippen molar-refractivity contribution in [2.75, 3.05) is 27.2 Å². The van der Waals surface area contributed by atoms with E-state index in [-0.39, 0.29) is 31.0 Å². The molecule has 0 aromatic heterocycles. The lowest BCUT2D eigenvalue weighted by molar-refractivity contribution is -0.147. The molecule has 1 aliphatic carbocycles. The third-order valence-electron chi connectivity index (χ3n) is 5.79. The van der Waals surface area contributed by atoms with E-state index in [2.05, 4.69) is 17.9 Å². The van der Waals surface area contributed by atoms with Gasteiger partial charge in [-0.3, -0.25) is 4.79 Å². The first-order chi connectivity index (χ1) is 13.5. The number of aliphatic hydroxyl groups is 1. The molecule has 1 aliphatic heterocycles. The summed E-state index contributed by atoms with van der Waals surface area (Å²) in [4.78, 5) is 15.7. The van der Waals surface area contributed by atoms with Crippen LogP contribution < -0.4 is 0 Å². The number of nitriles is 1. The number of likely N-dealkylation sites (tertiary alicyclic amines) is 1. The molecule has 0 radical (unpaired) electrons. The number of likely N-dealkylation sites (N-methyl/N-ethyl adjacent to an activating group) is 1. The van der Waals surface area contributed by atoms with Gasteiger partial charge in [-0.2, -0.15) is 5.26 Å². The number of rotatable bonds is 4. The van der Waals surface area contributed by atoms with Crippen LogP contribution in [0, 0.1) is 29.1 Å². The van der Waals surface area contributed by atoms with Gasteiger partial charge in [0.1, 0.15) is 6.04 Å². The van der Waals surface area contributed by atoms with Crippen LogP contribution in [0.1, 0.15) is 49.1 Å². The Hall–Kier alpha value is -2.34. The van der Waals surface area contributed by atoms with Gasteiger partial charge in [0.25, 0.3) is 0 Å². The standard InChI is InChI=1S/C23H29N3O2/c1-25(2)15-22(28)26-20(14-24)23(21(26)16-27)19-12-10-18(11-13-19)9-8-17-6-4-3-5-7-17/h10-13,17,20-21,23,27H,3-7,15-16H2,1-2H3/t20-,21+,23-/m0/s1. The van der Waals surface area contributed by atoms with E-state index in [1.54, 1.807) is 4.90 Å². The second kappa shape index (κ2) is 9.24. The molecule has 2 fully saturated rings. The molecule has 5 nitrogen and oxygen atoms in total. The van der Waals surface area contributed by atoms with Crippen molar-refractivity contribution in [2.24, 2.45) is 5.92 Å². The highest BCUT2D eigenvalue weighted by molar-refractivity contribution is 5.81. The SMILES string of the molecule is CN(C)CC(=O)N1[C@H](CO)[C@@H](c2ccc(C#CC3CCCCC3)cc2)[C@@H]1C#N. The number of hydrogen-bond donors (Lipinski definition) is 1. The Morgan fingerprint density at radius 1 is 1.21 bits per heavy atom. The molecule has 2 aliphatic rings. The van der Waals surface area contributed by atoms with Gasteiger partial charge in [-0.25, -0.2) is 0 Å². The van der Waals surface area contributed by atoms with Crippen molar-refractivity contribution < 1.29 is 9.90 Å². The van der Waals surface area contributed by atoms with E-state index in [0.29, 0.717) is 5.92 Å². The third kappa shape index (κ3) is 4.38. The lowest BCUT2D eigenvalue weighted by Gasteiger charge is -2.51. The molecule has 1 N–H and O–H groups in total. The van der Waals surface area contributed by atoms with E-state index in [1.807, 2.05) is 38.4 Å². The van der Waals surface area contributed by atoms with Crippen LogP contribution in [0.4, 0.5) is 0 Å². The summed E-state index contributed by atoms with van der Waals surface area (Å²) < 4.78 is 0. The summed E-state index contributed by atoms with van der Waals surface area (Å²) in [6, 6.07) is 9.29. The minimum atomic E-state index is -0.538. The van der Waals surface area contributed by atoms with Crippen molar-refractivity contribution in [3.8, 4) is 17.9 Å². The molecular formula is C23H29N3O2. The van der Waals surface area contributed by atoms with Crippen molar-refractivity contribution >= 4 is 5.91 Å². The van der Waals surface area contributed by atoms with Gasteiger partial charge in [-0.1, -0.05) is 43.2 Å². The van der Waals surface area contributed by atoms with E-state index in [4.69, 9.17) is 0 Å². The minimum Gasteiger partial charge on any atom is -0.394 e. The third-order valence-corrected chi connectivity index (χ3v) is 5.79. The lowest BCUT2D eigenvalue weighted by atomic mass is 9.75. The molecule has 3 rings (SSSR count). The summed E-state index contributed by atoms with van der Waals surface area (Å²) in [5.74, 6) is 6.90. The van der Waals surface area contributed by atoms with E-state index in [9.17, 15) is 15.2 Å². The fourth-order valence-electron chi connectivity index (χ4n) is 4.32. The van der Waals surface area contributed by atoms with Crippen LogP contribution in [0.15, 0.2) is 24.3 Å². The van der Waals surface area contributed by atoms with Crippen LogP contribution in [0.2, 0.25) is 0 Å². The number of aliphatic hydroxyl groups excluding tert-OH is 1. The molecule has 148 valence electrons. The molecule has 1 amide bonds. The van der Waals surface area contributed by atoms with Crippen molar-refractivity contribution in [2.45, 2.75) is 50.1 Å². The van der Waals surface area contributed by atoms with Crippen molar-refractivity contribution in [1.29, 1.82) is 5.26 Å². The summed E-state index contributed by atoms with van der Waals surface area (Å²) in [5.41, 5.74) is 1.95. The molecule has 28 heavy (non-hydrogen) atoms. The summed E-state index contributed by atoms with van der Waals surface area (Å²) in [6.07, 6.45) is 6.29. The number of benzene rings is 1. The molecule has 0 unspecified atom stereocenters. The molecule has 1 saturated carbocycles. The van der Waals surface area contributed by atoms with Gasteiger partial charge in [0.2, 0.25) is 5.91 Å². The van der Waals surface area contributed by atoms with Crippen molar-refractivity contribution in [1.82, 2.24) is 9.80 Å². The van der Waals surface area contributed by atoms with Crippen LogP contribution in [-0.2, 0) is 4.79 Å². The van der Waals surface area contributed by atoms with Crippen LogP contribution in [0.3, 0.4) is 0 Å². The molecule has 1 aromatic rings. The second-order valence-corrected chi connectivity index (χ2v) is 8.11. The molecule has 5 heteroatoms. The van der Waals surface area contributed by atoms with E-state index >= 15 is 0 Å². The summed E-state index contributed by atoms with van der Waals surface area (Å²) >= 11 is 0. The maximum absolute atomic E-state index is 12.4. The monoisotopic (exact) mass is 379 g/mol. The molecule has 0 spiro atoms. The maximum Gasteiger partial charge on any atom is 0.238 e. The van der Waals surface area contributed by atoms with Gasteiger partial charge in [-0.15, -0.1) is 0 Å². The number of amides is 1. The van der Waals surface area contributed by atoms with E-state index < -0.39 is 6.04 Å². The first-order valence-electron chi connectivity index (χ1n) is 10.1. The molecule has 0 bridgehead atoms. The highest BCUT2D eigenvalue weighted by Crippen LogP contribution is 2.40. The number of carbonyl (C=O) groups is 1. The van der Waals surface area contributed by atoms with Crippen LogP contribution in [-0.4, -0.2) is 60.1 Å². The first kappa shape index (κ1) is 20.4. The second-order valence-electron chi connectivity index (χ2n) is 8.11. The van der Waals surface area contributed by atoms with Gasteiger partial charge in [0, 0.05) is 17.4 Å². The molecule has 1 heterocycles. The maximum atomic E-state index is 12.4. The summed E-state index contributed by atoms with van der Waals surface area (Å²) in [7, 11) is 3.63. The topological polar surface area (TPSA) is 67.6 Å². The zero-order valence-electron chi connectivity index (χ0n) is 16.8. The van der Waals surface area contributed by atoms with E-state index in [1.165, 1.54) is 37.0 Å². The average Bonchev–Trinajstić information content (AvgIpc) is 2.67. The Kier molecular flexibility index (Phi) is 6.73. The summed E-state index contributed by atoms with van der Waals surface area (Å²) in [6.45, 7) is 0.0857. The van der Waals surface area contributed by atoms with Crippen molar-refractivity contribution in [3.05, 3.63) is 35.4 Å². The van der Waals surface area contributed by atoms with Gasteiger partial charge in [-0.05, 0) is 44.6 Å². The van der Waals surface area contributed by atoms with Crippen LogP contribution >= 0.6 is 0 Å². The highest BCUT2D eigenvalue weighted by atomic mass is 16.3. The first-order valence-corrected chi connectivity index (χ1v) is 10.1. The highest BCUT2D eigenvalue weighted by Gasteiger charge is 2.51. The zero-order chi connectivity index (χ0) is 20.1. The molecular weight excluding hydrogens is 350 g/mol. The van der Waals surface area contributed by atoms with Gasteiger partial charge in [0.15, 0.2) is 0 Å². The van der Waals surface area contributed by atoms with Gasteiger partial charge >= 0.3 is 0 Å². The number of nitrogens with zero attached hydrogens (tertiary/aromatic N) is 3. The van der Waals surface area contributed by atoms with Gasteiger partial charge < -0.3 is 14.9 Å². The number of carbonyl (C=O) groups excluding carboxylic acids is 1. The Morgan fingerprint density at radius 2 is 1.89 bits per heavy atom. The molecule has 1 aromatic carbocycles. The lowest BCUT2D eigenvalue weighted by Crippen LogP contribution is -2.66. The van der Waals surface area contributed by atoms with Crippen molar-refractivity contribution in [3.63, 3.8) is 0 Å². The van der Waals surface area contributed by atoms with E-state index in [0.717, 1.165) is 11.1 Å².